The van der Waals surface area contributed by atoms with Crippen LogP contribution < -0.4 is 16.0 Å². The lowest BCUT2D eigenvalue weighted by Crippen LogP contribution is -2.44. The number of guanidine groups is 1. The molecule has 1 unspecified atom stereocenters. The van der Waals surface area contributed by atoms with E-state index < -0.39 is 0 Å². The maximum Gasteiger partial charge on any atom is 0.287 e. The second kappa shape index (κ2) is 9.05. The van der Waals surface area contributed by atoms with Gasteiger partial charge in [0.05, 0.1) is 12.8 Å². The first-order chi connectivity index (χ1) is 10.0. The largest absolute Gasteiger partial charge is 0.459 e. The number of nitrogens with zero attached hydrogens (tertiary/aromatic N) is 1. The third-order valence-electron chi connectivity index (χ3n) is 3.12. The Kier molecular flexibility index (Phi) is 7.36. The van der Waals surface area contributed by atoms with Gasteiger partial charge in [-0.2, -0.15) is 0 Å². The molecule has 118 valence electrons. The summed E-state index contributed by atoms with van der Waals surface area (Å²) in [6.07, 6.45) is 1.48. The molecule has 0 aromatic carbocycles. The van der Waals surface area contributed by atoms with Crippen molar-refractivity contribution < 1.29 is 9.21 Å². The van der Waals surface area contributed by atoms with E-state index in [1.807, 2.05) is 6.92 Å². The molecule has 0 aliphatic carbocycles. The van der Waals surface area contributed by atoms with E-state index >= 15 is 0 Å². The molecular formula is C15H26N4O2. The Balaban J connectivity index is 2.38. The number of amides is 1. The molecule has 0 aliphatic heterocycles. The number of nitrogens with one attached hydrogen (secondary N) is 3. The van der Waals surface area contributed by atoms with Gasteiger partial charge in [0.15, 0.2) is 11.7 Å². The molecule has 1 atom stereocenters. The molecule has 0 saturated heterocycles. The lowest BCUT2D eigenvalue weighted by molar-refractivity contribution is 0.0927. The van der Waals surface area contributed by atoms with E-state index in [1.54, 1.807) is 12.1 Å². The van der Waals surface area contributed by atoms with Gasteiger partial charge >= 0.3 is 0 Å². The zero-order valence-electron chi connectivity index (χ0n) is 13.3. The summed E-state index contributed by atoms with van der Waals surface area (Å²) in [5.41, 5.74) is 0. The first kappa shape index (κ1) is 17.1. The Hall–Kier alpha value is -1.98. The SMILES string of the molecule is CCNC(=NCCNC(=O)c1ccco1)NC(C)C(C)C. The summed E-state index contributed by atoms with van der Waals surface area (Å²) in [5.74, 6) is 1.39. The summed E-state index contributed by atoms with van der Waals surface area (Å²) in [7, 11) is 0. The second-order valence-corrected chi connectivity index (χ2v) is 5.17. The molecular weight excluding hydrogens is 268 g/mol. The Labute approximate surface area is 126 Å². The van der Waals surface area contributed by atoms with Crippen molar-refractivity contribution in [2.45, 2.75) is 33.7 Å². The molecule has 1 amide bonds. The van der Waals surface area contributed by atoms with Gasteiger partial charge in [-0.15, -0.1) is 0 Å². The number of carbonyl (C=O) groups excluding carboxylic acids is 1. The molecule has 0 fully saturated rings. The van der Waals surface area contributed by atoms with Crippen molar-refractivity contribution in [2.75, 3.05) is 19.6 Å². The summed E-state index contributed by atoms with van der Waals surface area (Å²) >= 11 is 0. The quantitative estimate of drug-likeness (QED) is 0.405. The molecule has 1 rings (SSSR count). The minimum atomic E-state index is -0.219. The van der Waals surface area contributed by atoms with Crippen LogP contribution in [0.25, 0.3) is 0 Å². The standard InChI is InChI=1S/C15H26N4O2/c1-5-16-15(19-12(4)11(2)3)18-9-8-17-14(20)13-7-6-10-21-13/h6-7,10-12H,5,8-9H2,1-4H3,(H,17,20)(H2,16,18,19). The van der Waals surface area contributed by atoms with Crippen LogP contribution in [0.3, 0.4) is 0 Å². The smallest absolute Gasteiger partial charge is 0.287 e. The van der Waals surface area contributed by atoms with Gasteiger partial charge in [0.25, 0.3) is 5.91 Å². The predicted octanol–water partition coefficient (Wildman–Crippen LogP) is 1.61. The van der Waals surface area contributed by atoms with Crippen LogP contribution in [0.5, 0.6) is 0 Å². The fourth-order valence-corrected chi connectivity index (χ4v) is 1.53. The number of furan rings is 1. The summed E-state index contributed by atoms with van der Waals surface area (Å²) in [5, 5.41) is 9.30. The monoisotopic (exact) mass is 294 g/mol. The highest BCUT2D eigenvalue weighted by molar-refractivity contribution is 5.91. The van der Waals surface area contributed by atoms with Gasteiger partial charge in [-0.1, -0.05) is 13.8 Å². The molecule has 0 saturated carbocycles. The van der Waals surface area contributed by atoms with Crippen LogP contribution in [0.2, 0.25) is 0 Å². The van der Waals surface area contributed by atoms with Crippen molar-refractivity contribution in [2.24, 2.45) is 10.9 Å². The first-order valence-corrected chi connectivity index (χ1v) is 7.41. The van der Waals surface area contributed by atoms with Crippen LogP contribution >= 0.6 is 0 Å². The zero-order chi connectivity index (χ0) is 15.7. The Morgan fingerprint density at radius 1 is 1.33 bits per heavy atom. The minimum Gasteiger partial charge on any atom is -0.459 e. The number of carbonyl (C=O) groups is 1. The highest BCUT2D eigenvalue weighted by atomic mass is 16.3. The molecule has 1 aromatic heterocycles. The third-order valence-corrected chi connectivity index (χ3v) is 3.12. The predicted molar refractivity (Wildman–Crippen MR) is 84.5 cm³/mol. The van der Waals surface area contributed by atoms with Crippen LogP contribution in [0.1, 0.15) is 38.2 Å². The molecule has 0 spiro atoms. The van der Waals surface area contributed by atoms with Crippen LogP contribution in [0, 0.1) is 5.92 Å². The van der Waals surface area contributed by atoms with Gasteiger partial charge in [0, 0.05) is 19.1 Å². The van der Waals surface area contributed by atoms with Crippen LogP contribution in [-0.2, 0) is 0 Å². The lowest BCUT2D eigenvalue weighted by atomic mass is 10.1. The van der Waals surface area contributed by atoms with Crippen molar-refractivity contribution in [1.82, 2.24) is 16.0 Å². The minimum absolute atomic E-state index is 0.219. The molecule has 1 aromatic rings. The van der Waals surface area contributed by atoms with Gasteiger partial charge in [-0.05, 0) is 31.9 Å². The first-order valence-electron chi connectivity index (χ1n) is 7.41. The van der Waals surface area contributed by atoms with Crippen molar-refractivity contribution in [3.8, 4) is 0 Å². The normalized spacial score (nSPS) is 13.1. The Morgan fingerprint density at radius 2 is 2.10 bits per heavy atom. The van der Waals surface area contributed by atoms with Crippen molar-refractivity contribution in [3.05, 3.63) is 24.2 Å². The number of aliphatic imine (C=N–C) groups is 1. The van der Waals surface area contributed by atoms with E-state index in [9.17, 15) is 4.79 Å². The van der Waals surface area contributed by atoms with E-state index in [0.717, 1.165) is 12.5 Å². The van der Waals surface area contributed by atoms with Crippen molar-refractivity contribution in [1.29, 1.82) is 0 Å². The molecule has 3 N–H and O–H groups in total. The average molecular weight is 294 g/mol. The third kappa shape index (κ3) is 6.33. The van der Waals surface area contributed by atoms with Gasteiger partial charge < -0.3 is 20.4 Å². The van der Waals surface area contributed by atoms with E-state index in [1.165, 1.54) is 6.26 Å². The zero-order valence-corrected chi connectivity index (χ0v) is 13.3. The summed E-state index contributed by atoms with van der Waals surface area (Å²) in [6, 6.07) is 3.66. The summed E-state index contributed by atoms with van der Waals surface area (Å²) < 4.78 is 5.02. The van der Waals surface area contributed by atoms with Crippen LogP contribution in [0.15, 0.2) is 27.8 Å². The highest BCUT2D eigenvalue weighted by Crippen LogP contribution is 1.99. The highest BCUT2D eigenvalue weighted by Gasteiger charge is 2.09. The molecule has 6 nitrogen and oxygen atoms in total. The maximum absolute atomic E-state index is 11.7. The van der Waals surface area contributed by atoms with Gasteiger partial charge in [0.1, 0.15) is 0 Å². The van der Waals surface area contributed by atoms with Crippen LogP contribution in [0.4, 0.5) is 0 Å². The van der Waals surface area contributed by atoms with Gasteiger partial charge in [-0.25, -0.2) is 0 Å². The van der Waals surface area contributed by atoms with E-state index in [-0.39, 0.29) is 5.91 Å². The number of hydrogen-bond acceptors (Lipinski definition) is 3. The fraction of sp³-hybridized carbons (Fsp3) is 0.600. The maximum atomic E-state index is 11.7. The lowest BCUT2D eigenvalue weighted by Gasteiger charge is -2.20. The van der Waals surface area contributed by atoms with E-state index in [2.05, 4.69) is 41.7 Å². The number of rotatable bonds is 7. The average Bonchev–Trinajstić information content (AvgIpc) is 2.97. The second-order valence-electron chi connectivity index (χ2n) is 5.17. The van der Waals surface area contributed by atoms with Crippen molar-refractivity contribution >= 4 is 11.9 Å². The van der Waals surface area contributed by atoms with Gasteiger partial charge in [-0.3, -0.25) is 9.79 Å². The molecule has 0 radical (unpaired) electrons. The van der Waals surface area contributed by atoms with Gasteiger partial charge in [0.2, 0.25) is 0 Å². The van der Waals surface area contributed by atoms with Crippen molar-refractivity contribution in [3.63, 3.8) is 0 Å². The topological polar surface area (TPSA) is 78.7 Å². The molecule has 0 bridgehead atoms. The Morgan fingerprint density at radius 3 is 2.67 bits per heavy atom. The van der Waals surface area contributed by atoms with Crippen LogP contribution in [-0.4, -0.2) is 37.5 Å². The van der Waals surface area contributed by atoms with E-state index in [4.69, 9.17) is 4.42 Å². The molecule has 6 heteroatoms. The summed E-state index contributed by atoms with van der Waals surface area (Å²) in [4.78, 5) is 16.1. The Bertz CT molecular complexity index is 441. The fourth-order valence-electron chi connectivity index (χ4n) is 1.53. The number of hydrogen-bond donors (Lipinski definition) is 3. The molecule has 21 heavy (non-hydrogen) atoms. The molecule has 0 aliphatic rings. The van der Waals surface area contributed by atoms with E-state index in [0.29, 0.717) is 30.8 Å². The summed E-state index contributed by atoms with van der Waals surface area (Å²) in [6.45, 7) is 10.2. The molecule has 1 heterocycles.